The Kier molecular flexibility index (Phi) is 6.05. The van der Waals surface area contributed by atoms with Gasteiger partial charge in [-0.1, -0.05) is 23.7 Å². The average molecular weight is 345 g/mol. The van der Waals surface area contributed by atoms with Crippen LogP contribution in [0.2, 0.25) is 5.02 Å². The minimum atomic E-state index is -3.03. The second kappa shape index (κ2) is 7.80. The topological polar surface area (TPSA) is 73.8 Å². The highest BCUT2D eigenvalue weighted by Crippen LogP contribution is 2.12. The van der Waals surface area contributed by atoms with E-state index in [0.29, 0.717) is 43.6 Å². The van der Waals surface area contributed by atoms with Crippen LogP contribution in [0.1, 0.15) is 12.0 Å². The fourth-order valence-electron chi connectivity index (χ4n) is 2.29. The van der Waals surface area contributed by atoms with Crippen molar-refractivity contribution in [3.05, 3.63) is 34.9 Å². The van der Waals surface area contributed by atoms with Gasteiger partial charge in [-0.2, -0.15) is 0 Å². The first-order valence-corrected chi connectivity index (χ1v) is 9.17. The first-order valence-electron chi connectivity index (χ1n) is 7.18. The molecule has 0 unspecified atom stereocenters. The lowest BCUT2D eigenvalue weighted by atomic mass is 10.2. The third-order valence-corrected chi connectivity index (χ3v) is 5.62. The number of nitrogens with zero attached hydrogens (tertiary/aromatic N) is 2. The summed E-state index contributed by atoms with van der Waals surface area (Å²) in [6.45, 7) is 2.19. The van der Waals surface area contributed by atoms with Crippen LogP contribution >= 0.6 is 11.6 Å². The molecule has 2 N–H and O–H groups in total. The van der Waals surface area contributed by atoms with Crippen LogP contribution in [0.5, 0.6) is 0 Å². The number of hydrogen-bond donors (Lipinski definition) is 2. The van der Waals surface area contributed by atoms with Gasteiger partial charge in [0.1, 0.15) is 0 Å². The quantitative estimate of drug-likeness (QED) is 0.618. The van der Waals surface area contributed by atoms with Gasteiger partial charge < -0.3 is 10.6 Å². The Morgan fingerprint density at radius 1 is 1.41 bits per heavy atom. The fourth-order valence-corrected chi connectivity index (χ4v) is 4.04. The molecular weight excluding hydrogens is 324 g/mol. The van der Waals surface area contributed by atoms with E-state index in [-0.39, 0.29) is 5.75 Å². The zero-order valence-electron chi connectivity index (χ0n) is 12.5. The number of hydrogen-bond acceptors (Lipinski definition) is 3. The first kappa shape index (κ1) is 17.1. The third kappa shape index (κ3) is 4.86. The molecule has 1 aromatic carbocycles. The Balaban J connectivity index is 1.76. The Hall–Kier alpha value is -1.31. The van der Waals surface area contributed by atoms with Crippen LogP contribution in [0, 0.1) is 0 Å². The number of halogens is 1. The number of aliphatic imine (C=N–C) groups is 1. The van der Waals surface area contributed by atoms with Crippen LogP contribution in [0.3, 0.4) is 0 Å². The molecule has 1 aromatic rings. The minimum absolute atomic E-state index is 0.259. The van der Waals surface area contributed by atoms with Crippen molar-refractivity contribution in [2.24, 2.45) is 4.99 Å². The van der Waals surface area contributed by atoms with E-state index in [9.17, 15) is 8.42 Å². The van der Waals surface area contributed by atoms with Gasteiger partial charge >= 0.3 is 0 Å². The SMILES string of the molecule is CN=C(NCCN1CCCS1(=O)=O)NCc1cccc(Cl)c1. The van der Waals surface area contributed by atoms with Crippen LogP contribution in [0.4, 0.5) is 0 Å². The highest BCUT2D eigenvalue weighted by atomic mass is 35.5. The summed E-state index contributed by atoms with van der Waals surface area (Å²) in [5, 5.41) is 6.99. The van der Waals surface area contributed by atoms with Gasteiger partial charge in [-0.25, -0.2) is 12.7 Å². The van der Waals surface area contributed by atoms with Crippen molar-refractivity contribution in [2.75, 3.05) is 32.4 Å². The largest absolute Gasteiger partial charge is 0.355 e. The second-order valence-corrected chi connectivity index (χ2v) is 7.58. The smallest absolute Gasteiger partial charge is 0.214 e. The molecule has 1 fully saturated rings. The number of guanidine groups is 1. The predicted molar refractivity (Wildman–Crippen MR) is 89.6 cm³/mol. The minimum Gasteiger partial charge on any atom is -0.355 e. The van der Waals surface area contributed by atoms with E-state index in [1.807, 2.05) is 24.3 Å². The molecule has 0 atom stereocenters. The van der Waals surface area contributed by atoms with Gasteiger partial charge in [0.2, 0.25) is 10.0 Å². The van der Waals surface area contributed by atoms with Gasteiger partial charge in [-0.15, -0.1) is 0 Å². The molecule has 0 bridgehead atoms. The fraction of sp³-hybridized carbons (Fsp3) is 0.500. The molecule has 0 aromatic heterocycles. The lowest BCUT2D eigenvalue weighted by Crippen LogP contribution is -2.41. The van der Waals surface area contributed by atoms with Gasteiger partial charge in [0.05, 0.1) is 5.75 Å². The molecule has 1 heterocycles. The molecule has 22 heavy (non-hydrogen) atoms. The highest BCUT2D eigenvalue weighted by molar-refractivity contribution is 7.89. The van der Waals surface area contributed by atoms with E-state index >= 15 is 0 Å². The lowest BCUT2D eigenvalue weighted by Gasteiger charge is -2.16. The van der Waals surface area contributed by atoms with E-state index in [1.54, 1.807) is 7.05 Å². The average Bonchev–Trinajstić information content (AvgIpc) is 2.81. The zero-order chi connectivity index (χ0) is 16.0. The Morgan fingerprint density at radius 2 is 2.23 bits per heavy atom. The molecule has 1 aliphatic rings. The molecule has 0 spiro atoms. The van der Waals surface area contributed by atoms with Crippen molar-refractivity contribution in [1.29, 1.82) is 0 Å². The summed E-state index contributed by atoms with van der Waals surface area (Å²) >= 11 is 5.94. The molecule has 0 amide bonds. The van der Waals surface area contributed by atoms with Crippen LogP contribution in [0.15, 0.2) is 29.3 Å². The predicted octanol–water partition coefficient (Wildman–Crippen LogP) is 1.04. The Labute approximate surface area is 136 Å². The van der Waals surface area contributed by atoms with Crippen molar-refractivity contribution in [3.8, 4) is 0 Å². The lowest BCUT2D eigenvalue weighted by molar-refractivity contribution is 0.445. The summed E-state index contributed by atoms with van der Waals surface area (Å²) in [5.74, 6) is 0.894. The second-order valence-electron chi connectivity index (χ2n) is 5.05. The highest BCUT2D eigenvalue weighted by Gasteiger charge is 2.27. The maximum absolute atomic E-state index is 11.7. The van der Waals surface area contributed by atoms with E-state index in [1.165, 1.54) is 4.31 Å². The molecule has 2 rings (SSSR count). The normalized spacial score (nSPS) is 18.4. The molecule has 1 saturated heterocycles. The van der Waals surface area contributed by atoms with E-state index in [2.05, 4.69) is 15.6 Å². The number of nitrogens with one attached hydrogen (secondary N) is 2. The van der Waals surface area contributed by atoms with Crippen molar-refractivity contribution >= 4 is 27.6 Å². The van der Waals surface area contributed by atoms with Crippen molar-refractivity contribution in [2.45, 2.75) is 13.0 Å². The van der Waals surface area contributed by atoms with E-state index in [0.717, 1.165) is 5.56 Å². The Morgan fingerprint density at radius 3 is 2.86 bits per heavy atom. The maximum atomic E-state index is 11.7. The van der Waals surface area contributed by atoms with Gasteiger partial charge in [0.15, 0.2) is 5.96 Å². The number of sulfonamides is 1. The zero-order valence-corrected chi connectivity index (χ0v) is 14.1. The molecule has 0 radical (unpaired) electrons. The number of benzene rings is 1. The Bertz CT molecular complexity index is 633. The van der Waals surface area contributed by atoms with Crippen LogP contribution < -0.4 is 10.6 Å². The molecule has 122 valence electrons. The van der Waals surface area contributed by atoms with E-state index in [4.69, 9.17) is 11.6 Å². The van der Waals surface area contributed by atoms with Crippen LogP contribution in [-0.4, -0.2) is 51.1 Å². The summed E-state index contributed by atoms with van der Waals surface area (Å²) in [6, 6.07) is 7.59. The van der Waals surface area contributed by atoms with Crippen LogP contribution in [-0.2, 0) is 16.6 Å². The van der Waals surface area contributed by atoms with Gasteiger partial charge in [-0.3, -0.25) is 4.99 Å². The van der Waals surface area contributed by atoms with Gasteiger partial charge in [0.25, 0.3) is 0 Å². The first-order chi connectivity index (χ1) is 10.5. The summed E-state index contributed by atoms with van der Waals surface area (Å²) in [6.07, 6.45) is 0.712. The monoisotopic (exact) mass is 344 g/mol. The summed E-state index contributed by atoms with van der Waals surface area (Å²) < 4.78 is 24.9. The molecule has 0 saturated carbocycles. The molecule has 1 aliphatic heterocycles. The standard InChI is InChI=1S/C14H21ClN4O2S/c1-16-14(18-11-12-4-2-5-13(15)10-12)17-6-8-19-7-3-9-22(19,20)21/h2,4-5,10H,3,6-9,11H2,1H3,(H2,16,17,18). The third-order valence-electron chi connectivity index (χ3n) is 3.43. The van der Waals surface area contributed by atoms with Crippen molar-refractivity contribution in [1.82, 2.24) is 14.9 Å². The van der Waals surface area contributed by atoms with Crippen LogP contribution in [0.25, 0.3) is 0 Å². The molecule has 0 aliphatic carbocycles. The van der Waals surface area contributed by atoms with Gasteiger partial charge in [-0.05, 0) is 24.1 Å². The molecule has 6 nitrogen and oxygen atoms in total. The van der Waals surface area contributed by atoms with Crippen molar-refractivity contribution in [3.63, 3.8) is 0 Å². The maximum Gasteiger partial charge on any atom is 0.214 e. The summed E-state index contributed by atoms with van der Waals surface area (Å²) in [5.41, 5.74) is 1.05. The summed E-state index contributed by atoms with van der Waals surface area (Å²) in [7, 11) is -1.35. The van der Waals surface area contributed by atoms with Crippen molar-refractivity contribution < 1.29 is 8.42 Å². The summed E-state index contributed by atoms with van der Waals surface area (Å²) in [4.78, 5) is 4.12. The molecular formula is C14H21ClN4O2S. The molecule has 8 heteroatoms. The number of rotatable bonds is 5. The van der Waals surface area contributed by atoms with E-state index < -0.39 is 10.0 Å². The van der Waals surface area contributed by atoms with Gasteiger partial charge in [0, 0.05) is 38.2 Å².